The van der Waals surface area contributed by atoms with Crippen molar-refractivity contribution in [3.63, 3.8) is 0 Å². The summed E-state index contributed by atoms with van der Waals surface area (Å²) in [7, 11) is 0. The molecule has 0 saturated carbocycles. The van der Waals surface area contributed by atoms with E-state index < -0.39 is 12.8 Å². The zero-order valence-electron chi connectivity index (χ0n) is 7.36. The zero-order chi connectivity index (χ0) is 10.8. The first kappa shape index (κ1) is 11.6. The van der Waals surface area contributed by atoms with Gasteiger partial charge < -0.3 is 4.74 Å². The number of benzene rings is 1. The molecule has 1 aromatic rings. The fourth-order valence-electron chi connectivity index (χ4n) is 0.872. The third kappa shape index (κ3) is 3.73. The molecule has 1 aromatic carbocycles. The Bertz CT molecular complexity index is 322. The summed E-state index contributed by atoms with van der Waals surface area (Å²) in [6.07, 6.45) is -4.28. The Balaban J connectivity index is 2.65. The standard InChI is InChI=1S/C9H8F3IO/c1-6-4-7(2-3-8(6)13)14-5-9(10,11)12/h2-4H,5H2,1H3. The average molecular weight is 316 g/mol. The fraction of sp³-hybridized carbons (Fsp3) is 0.333. The van der Waals surface area contributed by atoms with Gasteiger partial charge in [-0.05, 0) is 53.3 Å². The molecule has 0 unspecified atom stereocenters. The molecular weight excluding hydrogens is 308 g/mol. The summed E-state index contributed by atoms with van der Waals surface area (Å²) < 4.78 is 41.0. The predicted molar refractivity (Wildman–Crippen MR) is 55.4 cm³/mol. The molecule has 14 heavy (non-hydrogen) atoms. The molecule has 0 aliphatic heterocycles. The van der Waals surface area contributed by atoms with E-state index in [9.17, 15) is 13.2 Å². The lowest BCUT2D eigenvalue weighted by atomic mass is 10.2. The van der Waals surface area contributed by atoms with Crippen LogP contribution < -0.4 is 4.74 Å². The van der Waals surface area contributed by atoms with Crippen LogP contribution >= 0.6 is 22.6 Å². The number of aryl methyl sites for hydroxylation is 1. The highest BCUT2D eigenvalue weighted by Gasteiger charge is 2.28. The normalized spacial score (nSPS) is 11.5. The van der Waals surface area contributed by atoms with Gasteiger partial charge in [0.15, 0.2) is 6.61 Å². The first-order chi connectivity index (χ1) is 6.38. The van der Waals surface area contributed by atoms with Crippen molar-refractivity contribution in [2.24, 2.45) is 0 Å². The van der Waals surface area contributed by atoms with Crippen LogP contribution in [0.15, 0.2) is 18.2 Å². The zero-order valence-corrected chi connectivity index (χ0v) is 9.52. The van der Waals surface area contributed by atoms with Gasteiger partial charge in [0.05, 0.1) is 0 Å². The lowest BCUT2D eigenvalue weighted by molar-refractivity contribution is -0.153. The molecule has 0 heterocycles. The van der Waals surface area contributed by atoms with Crippen LogP contribution in [0.4, 0.5) is 13.2 Å². The number of hydrogen-bond acceptors (Lipinski definition) is 1. The third-order valence-corrected chi connectivity index (χ3v) is 2.74. The van der Waals surface area contributed by atoms with Crippen molar-refractivity contribution >= 4 is 22.6 Å². The molecule has 5 heteroatoms. The van der Waals surface area contributed by atoms with Crippen LogP contribution in [0, 0.1) is 10.5 Å². The average Bonchev–Trinajstić information content (AvgIpc) is 2.06. The summed E-state index contributed by atoms with van der Waals surface area (Å²) in [6, 6.07) is 4.84. The molecule has 1 nitrogen and oxygen atoms in total. The minimum absolute atomic E-state index is 0.250. The largest absolute Gasteiger partial charge is 0.484 e. The maximum atomic E-state index is 11.8. The molecule has 0 atom stereocenters. The molecule has 1 rings (SSSR count). The number of ether oxygens (including phenoxy) is 1. The van der Waals surface area contributed by atoms with Crippen molar-refractivity contribution in [3.05, 3.63) is 27.3 Å². The first-order valence-electron chi connectivity index (χ1n) is 3.84. The number of alkyl halides is 3. The SMILES string of the molecule is Cc1cc(OCC(F)(F)F)ccc1I. The molecule has 0 N–H and O–H groups in total. The molecule has 0 amide bonds. The lowest BCUT2D eigenvalue weighted by Gasteiger charge is -2.09. The molecule has 78 valence electrons. The first-order valence-corrected chi connectivity index (χ1v) is 4.92. The minimum atomic E-state index is -4.28. The van der Waals surface area contributed by atoms with E-state index in [0.717, 1.165) is 9.13 Å². The van der Waals surface area contributed by atoms with Crippen LogP contribution in [0.3, 0.4) is 0 Å². The Hall–Kier alpha value is -0.460. The van der Waals surface area contributed by atoms with E-state index in [0.29, 0.717) is 0 Å². The fourth-order valence-corrected chi connectivity index (χ4v) is 1.21. The van der Waals surface area contributed by atoms with Crippen LogP contribution in [-0.2, 0) is 0 Å². The summed E-state index contributed by atoms with van der Waals surface area (Å²) in [4.78, 5) is 0. The highest BCUT2D eigenvalue weighted by molar-refractivity contribution is 14.1. The van der Waals surface area contributed by atoms with E-state index in [2.05, 4.69) is 27.3 Å². The molecule has 0 saturated heterocycles. The summed E-state index contributed by atoms with van der Waals surface area (Å²) in [5.41, 5.74) is 0.908. The van der Waals surface area contributed by atoms with Gasteiger partial charge in [-0.3, -0.25) is 0 Å². The Kier molecular flexibility index (Phi) is 3.63. The van der Waals surface area contributed by atoms with Crippen LogP contribution in [0.1, 0.15) is 5.56 Å². The highest BCUT2D eigenvalue weighted by Crippen LogP contribution is 2.21. The van der Waals surface area contributed by atoms with Gasteiger partial charge in [0, 0.05) is 3.57 Å². The lowest BCUT2D eigenvalue weighted by Crippen LogP contribution is -2.19. The molecule has 0 bridgehead atoms. The van der Waals surface area contributed by atoms with E-state index in [1.807, 2.05) is 6.92 Å². The van der Waals surface area contributed by atoms with E-state index in [4.69, 9.17) is 0 Å². The van der Waals surface area contributed by atoms with Gasteiger partial charge >= 0.3 is 6.18 Å². The van der Waals surface area contributed by atoms with E-state index in [1.54, 1.807) is 12.1 Å². The Labute approximate surface area is 93.4 Å². The van der Waals surface area contributed by atoms with Crippen LogP contribution in [0.25, 0.3) is 0 Å². The number of rotatable bonds is 2. The highest BCUT2D eigenvalue weighted by atomic mass is 127. The van der Waals surface area contributed by atoms with Crippen LogP contribution in [-0.4, -0.2) is 12.8 Å². The van der Waals surface area contributed by atoms with E-state index >= 15 is 0 Å². The van der Waals surface area contributed by atoms with Gasteiger partial charge in [0.1, 0.15) is 5.75 Å². The van der Waals surface area contributed by atoms with Gasteiger partial charge in [-0.15, -0.1) is 0 Å². The van der Waals surface area contributed by atoms with Crippen LogP contribution in [0.2, 0.25) is 0 Å². The van der Waals surface area contributed by atoms with Gasteiger partial charge in [-0.25, -0.2) is 0 Å². The molecular formula is C9H8F3IO. The van der Waals surface area contributed by atoms with Crippen LogP contribution in [0.5, 0.6) is 5.75 Å². The maximum Gasteiger partial charge on any atom is 0.422 e. The second-order valence-electron chi connectivity index (χ2n) is 2.81. The Morgan fingerprint density at radius 1 is 1.36 bits per heavy atom. The van der Waals surface area contributed by atoms with Crippen molar-refractivity contribution < 1.29 is 17.9 Å². The van der Waals surface area contributed by atoms with Gasteiger partial charge in [0.25, 0.3) is 0 Å². The second kappa shape index (κ2) is 4.37. The molecule has 0 spiro atoms. The number of hydrogen-bond donors (Lipinski definition) is 0. The van der Waals surface area contributed by atoms with Crippen molar-refractivity contribution in [2.45, 2.75) is 13.1 Å². The summed E-state index contributed by atoms with van der Waals surface area (Å²) >= 11 is 2.11. The topological polar surface area (TPSA) is 9.23 Å². The monoisotopic (exact) mass is 316 g/mol. The van der Waals surface area contributed by atoms with Gasteiger partial charge in [-0.2, -0.15) is 13.2 Å². The van der Waals surface area contributed by atoms with Crippen molar-refractivity contribution in [3.8, 4) is 5.75 Å². The van der Waals surface area contributed by atoms with Gasteiger partial charge in [0.2, 0.25) is 0 Å². The molecule has 0 aliphatic carbocycles. The smallest absolute Gasteiger partial charge is 0.422 e. The summed E-state index contributed by atoms with van der Waals surface area (Å²) in [6.45, 7) is 0.579. The van der Waals surface area contributed by atoms with Crippen molar-refractivity contribution in [1.29, 1.82) is 0 Å². The predicted octanol–water partition coefficient (Wildman–Crippen LogP) is 3.54. The third-order valence-electron chi connectivity index (χ3n) is 1.53. The van der Waals surface area contributed by atoms with Crippen molar-refractivity contribution in [1.82, 2.24) is 0 Å². The summed E-state index contributed by atoms with van der Waals surface area (Å²) in [5, 5.41) is 0. The molecule has 0 radical (unpaired) electrons. The minimum Gasteiger partial charge on any atom is -0.484 e. The second-order valence-corrected chi connectivity index (χ2v) is 3.98. The summed E-state index contributed by atoms with van der Waals surface area (Å²) in [5.74, 6) is 0.250. The van der Waals surface area contributed by atoms with E-state index in [-0.39, 0.29) is 5.75 Å². The molecule has 0 aromatic heterocycles. The molecule has 0 aliphatic rings. The number of halogens is 4. The Morgan fingerprint density at radius 3 is 2.50 bits per heavy atom. The van der Waals surface area contributed by atoms with E-state index in [1.165, 1.54) is 6.07 Å². The van der Waals surface area contributed by atoms with Crippen molar-refractivity contribution in [2.75, 3.05) is 6.61 Å². The quantitative estimate of drug-likeness (QED) is 0.759. The molecule has 0 fully saturated rings. The van der Waals surface area contributed by atoms with Gasteiger partial charge in [-0.1, -0.05) is 0 Å². The maximum absolute atomic E-state index is 11.8. The Morgan fingerprint density at radius 2 is 2.00 bits per heavy atom.